The maximum Gasteiger partial charge on any atom is 0.308 e. The minimum atomic E-state index is -1.42. The first kappa shape index (κ1) is 17.2. The molecule has 18 heavy (non-hydrogen) atoms. The maximum absolute atomic E-state index is 11.8. The summed E-state index contributed by atoms with van der Waals surface area (Å²) in [6.45, 7) is 12.4. The highest BCUT2D eigenvalue weighted by Crippen LogP contribution is 2.20. The fourth-order valence-corrected chi connectivity index (χ4v) is 1.87. The van der Waals surface area contributed by atoms with Crippen molar-refractivity contribution in [2.75, 3.05) is 0 Å². The first-order chi connectivity index (χ1) is 8.12. The molecule has 2 N–H and O–H groups in total. The fraction of sp³-hybridized carbons (Fsp3) is 0.786. The predicted octanol–water partition coefficient (Wildman–Crippen LogP) is 2.71. The molecule has 104 valence electrons. The van der Waals surface area contributed by atoms with Crippen molar-refractivity contribution in [1.82, 2.24) is 0 Å². The minimum absolute atomic E-state index is 0.174. The van der Waals surface area contributed by atoms with E-state index in [9.17, 15) is 4.79 Å². The lowest BCUT2D eigenvalue weighted by atomic mass is 10.00. The van der Waals surface area contributed by atoms with Gasteiger partial charge >= 0.3 is 5.97 Å². The van der Waals surface area contributed by atoms with Crippen LogP contribution >= 0.6 is 0 Å². The van der Waals surface area contributed by atoms with E-state index in [1.54, 1.807) is 0 Å². The number of hydrogen-bond donors (Lipinski definition) is 1. The summed E-state index contributed by atoms with van der Waals surface area (Å²) in [7, 11) is -1.42. The minimum Gasteiger partial charge on any atom is -0.459 e. The summed E-state index contributed by atoms with van der Waals surface area (Å²) in [4.78, 5) is 11.8. The molecule has 0 saturated heterocycles. The number of hydrogen-bond acceptors (Lipinski definition) is 3. The second-order valence-electron chi connectivity index (χ2n) is 5.96. The van der Waals surface area contributed by atoms with Crippen LogP contribution in [0.15, 0.2) is 0 Å². The molecule has 0 saturated carbocycles. The van der Waals surface area contributed by atoms with Gasteiger partial charge in [0.25, 0.3) is 0 Å². The molecule has 4 heteroatoms. The van der Waals surface area contributed by atoms with Gasteiger partial charge in [-0.05, 0) is 19.8 Å². The molecular weight excluding hydrogens is 242 g/mol. The fourth-order valence-electron chi connectivity index (χ4n) is 1.25. The number of rotatable bonds is 5. The van der Waals surface area contributed by atoms with Gasteiger partial charge in [-0.3, -0.25) is 4.79 Å². The lowest BCUT2D eigenvalue weighted by molar-refractivity contribution is -0.158. The average molecular weight is 269 g/mol. The van der Waals surface area contributed by atoms with E-state index in [2.05, 4.69) is 31.1 Å². The molecule has 0 aromatic rings. The van der Waals surface area contributed by atoms with E-state index in [1.165, 1.54) is 0 Å². The second-order valence-corrected chi connectivity index (χ2v) is 10.7. The van der Waals surface area contributed by atoms with Gasteiger partial charge in [-0.1, -0.05) is 39.4 Å². The Morgan fingerprint density at radius 2 is 1.83 bits per heavy atom. The normalized spacial score (nSPS) is 13.5. The molecule has 0 amide bonds. The SMILES string of the molecule is CCC(C)(CC)OC(=O)CC(N)C#C[Si](C)(C)C. The molecule has 3 nitrogen and oxygen atoms in total. The summed E-state index contributed by atoms with van der Waals surface area (Å²) >= 11 is 0. The van der Waals surface area contributed by atoms with Crippen LogP contribution in [0.1, 0.15) is 40.0 Å². The van der Waals surface area contributed by atoms with E-state index in [-0.39, 0.29) is 18.0 Å². The van der Waals surface area contributed by atoms with Crippen LogP contribution in [0.3, 0.4) is 0 Å². The zero-order valence-corrected chi connectivity index (χ0v) is 13.6. The molecule has 0 aromatic heterocycles. The molecule has 0 fully saturated rings. The Bertz CT molecular complexity index is 332. The zero-order chi connectivity index (χ0) is 14.4. The summed E-state index contributed by atoms with van der Waals surface area (Å²) < 4.78 is 5.46. The lowest BCUT2D eigenvalue weighted by Crippen LogP contribution is -2.33. The summed E-state index contributed by atoms with van der Waals surface area (Å²) in [6, 6.07) is -0.415. The molecule has 0 radical (unpaired) electrons. The first-order valence-corrected chi connectivity index (χ1v) is 10.1. The van der Waals surface area contributed by atoms with Crippen LogP contribution in [0.2, 0.25) is 19.6 Å². The van der Waals surface area contributed by atoms with Crippen LogP contribution in [0.5, 0.6) is 0 Å². The van der Waals surface area contributed by atoms with Gasteiger partial charge in [-0.25, -0.2) is 0 Å². The third-order valence-electron chi connectivity index (χ3n) is 2.88. The number of nitrogens with two attached hydrogens (primary N) is 1. The molecule has 0 spiro atoms. The van der Waals surface area contributed by atoms with E-state index in [0.29, 0.717) is 0 Å². The van der Waals surface area contributed by atoms with Gasteiger partial charge in [-0.2, -0.15) is 0 Å². The Kier molecular flexibility index (Phi) is 6.65. The predicted molar refractivity (Wildman–Crippen MR) is 78.8 cm³/mol. The van der Waals surface area contributed by atoms with E-state index in [0.717, 1.165) is 12.8 Å². The van der Waals surface area contributed by atoms with E-state index >= 15 is 0 Å². The molecule has 0 heterocycles. The summed E-state index contributed by atoms with van der Waals surface area (Å²) in [5.74, 6) is 2.71. The molecule has 0 rings (SSSR count). The highest BCUT2D eigenvalue weighted by molar-refractivity contribution is 6.83. The summed E-state index contributed by atoms with van der Waals surface area (Å²) in [6.07, 6.45) is 1.79. The average Bonchev–Trinajstić information content (AvgIpc) is 2.25. The molecule has 0 bridgehead atoms. The number of carbonyl (C=O) groups is 1. The summed E-state index contributed by atoms with van der Waals surface area (Å²) in [5, 5.41) is 0. The smallest absolute Gasteiger partial charge is 0.308 e. The zero-order valence-electron chi connectivity index (χ0n) is 12.6. The lowest BCUT2D eigenvalue weighted by Gasteiger charge is -2.27. The van der Waals surface area contributed by atoms with Crippen molar-refractivity contribution < 1.29 is 9.53 Å². The van der Waals surface area contributed by atoms with Crippen molar-refractivity contribution in [2.24, 2.45) is 5.73 Å². The Balaban J connectivity index is 4.36. The van der Waals surface area contributed by atoms with Crippen LogP contribution < -0.4 is 5.73 Å². The van der Waals surface area contributed by atoms with Crippen molar-refractivity contribution in [1.29, 1.82) is 0 Å². The Labute approximate surface area is 112 Å². The Morgan fingerprint density at radius 3 is 2.22 bits per heavy atom. The third kappa shape index (κ3) is 7.52. The van der Waals surface area contributed by atoms with Crippen LogP contribution in [-0.2, 0) is 9.53 Å². The topological polar surface area (TPSA) is 52.3 Å². The van der Waals surface area contributed by atoms with Crippen molar-refractivity contribution in [2.45, 2.75) is 71.3 Å². The van der Waals surface area contributed by atoms with E-state index in [4.69, 9.17) is 10.5 Å². The van der Waals surface area contributed by atoms with Gasteiger partial charge in [0.1, 0.15) is 13.7 Å². The monoisotopic (exact) mass is 269 g/mol. The van der Waals surface area contributed by atoms with Gasteiger partial charge in [0, 0.05) is 0 Å². The Morgan fingerprint density at radius 1 is 1.33 bits per heavy atom. The van der Waals surface area contributed by atoms with Crippen molar-refractivity contribution in [3.63, 3.8) is 0 Å². The van der Waals surface area contributed by atoms with Crippen LogP contribution in [0, 0.1) is 11.5 Å². The van der Waals surface area contributed by atoms with Gasteiger partial charge in [-0.15, -0.1) is 5.54 Å². The van der Waals surface area contributed by atoms with Crippen molar-refractivity contribution in [3.05, 3.63) is 0 Å². The Hall–Kier alpha value is -0.793. The highest BCUT2D eigenvalue weighted by atomic mass is 28.3. The van der Waals surface area contributed by atoms with Gasteiger partial charge in [0.2, 0.25) is 0 Å². The molecule has 0 aliphatic rings. The number of carbonyl (C=O) groups excluding carboxylic acids is 1. The van der Waals surface area contributed by atoms with Gasteiger partial charge in [0.15, 0.2) is 0 Å². The molecule has 0 aliphatic carbocycles. The van der Waals surface area contributed by atoms with Crippen molar-refractivity contribution in [3.8, 4) is 11.5 Å². The number of esters is 1. The molecular formula is C14H27NO2Si. The van der Waals surface area contributed by atoms with E-state index in [1.807, 2.05) is 20.8 Å². The third-order valence-corrected chi connectivity index (χ3v) is 3.77. The standard InChI is InChI=1S/C14H27NO2Si/c1-7-14(3,8-2)17-13(16)11-12(15)9-10-18(4,5)6/h12H,7-8,11,15H2,1-6H3. The highest BCUT2D eigenvalue weighted by Gasteiger charge is 2.25. The van der Waals surface area contributed by atoms with Crippen LogP contribution in [-0.4, -0.2) is 25.7 Å². The van der Waals surface area contributed by atoms with E-state index < -0.39 is 14.1 Å². The summed E-state index contributed by atoms with van der Waals surface area (Å²) in [5.41, 5.74) is 8.63. The first-order valence-electron chi connectivity index (χ1n) is 6.62. The second kappa shape index (κ2) is 6.96. The number of ether oxygens (including phenoxy) is 1. The van der Waals surface area contributed by atoms with Crippen LogP contribution in [0.4, 0.5) is 0 Å². The molecule has 0 aliphatic heterocycles. The molecule has 1 atom stereocenters. The maximum atomic E-state index is 11.8. The molecule has 1 unspecified atom stereocenters. The quantitative estimate of drug-likeness (QED) is 0.474. The largest absolute Gasteiger partial charge is 0.459 e. The molecule has 0 aromatic carbocycles. The van der Waals surface area contributed by atoms with Crippen molar-refractivity contribution >= 4 is 14.0 Å². The van der Waals surface area contributed by atoms with Gasteiger partial charge in [0.05, 0.1) is 12.5 Å². The van der Waals surface area contributed by atoms with Gasteiger partial charge < -0.3 is 10.5 Å². The van der Waals surface area contributed by atoms with Crippen LogP contribution in [0.25, 0.3) is 0 Å².